The quantitative estimate of drug-likeness (QED) is 0.416. The maximum absolute atomic E-state index is 11.8. The Hall–Kier alpha value is -2.50. The lowest BCUT2D eigenvalue weighted by Gasteiger charge is -2.10. The van der Waals surface area contributed by atoms with Crippen molar-refractivity contribution in [3.8, 4) is 0 Å². The van der Waals surface area contributed by atoms with Crippen LogP contribution in [0.1, 0.15) is 11.4 Å². The van der Waals surface area contributed by atoms with Gasteiger partial charge in [-0.2, -0.15) is 0 Å². The van der Waals surface area contributed by atoms with E-state index < -0.39 is 0 Å². The fraction of sp³-hybridized carbons (Fsp3) is 0.231. The van der Waals surface area contributed by atoms with Gasteiger partial charge in [0.15, 0.2) is 17.5 Å². The first kappa shape index (κ1) is 12.9. The molecule has 1 aromatic heterocycles. The van der Waals surface area contributed by atoms with Crippen molar-refractivity contribution in [2.45, 2.75) is 13.5 Å². The van der Waals surface area contributed by atoms with Crippen LogP contribution < -0.4 is 9.79 Å². The van der Waals surface area contributed by atoms with Gasteiger partial charge in [-0.05, 0) is 11.6 Å². The molecule has 0 aliphatic heterocycles. The molecule has 2 rings (SSSR count). The molecule has 0 atom stereocenters. The van der Waals surface area contributed by atoms with Crippen molar-refractivity contribution < 1.29 is 14.6 Å². The van der Waals surface area contributed by atoms with Crippen LogP contribution in [-0.2, 0) is 18.4 Å². The molecule has 0 unspecified atom stereocenters. The molecule has 0 aliphatic carbocycles. The molecule has 6 nitrogen and oxygen atoms in total. The number of carbonyl (C=O) groups is 1. The molecule has 0 bridgehead atoms. The van der Waals surface area contributed by atoms with Gasteiger partial charge in [0.05, 0.1) is 7.05 Å². The van der Waals surface area contributed by atoms with Gasteiger partial charge in [-0.3, -0.25) is 4.79 Å². The Balaban J connectivity index is 2.11. The summed E-state index contributed by atoms with van der Waals surface area (Å²) >= 11 is 0. The van der Waals surface area contributed by atoms with Gasteiger partial charge in [0.25, 0.3) is 5.82 Å². The number of nitrogens with zero attached hydrogens (tertiary/aromatic N) is 4. The van der Waals surface area contributed by atoms with Crippen molar-refractivity contribution in [2.24, 2.45) is 7.05 Å². The number of aryl methyl sites for hydroxylation is 1. The van der Waals surface area contributed by atoms with E-state index in [1.165, 1.54) is 4.68 Å². The Bertz CT molecular complexity index is 617. The smallest absolute Gasteiger partial charge is 0.254 e. The maximum atomic E-state index is 11.8. The summed E-state index contributed by atoms with van der Waals surface area (Å²) < 4.78 is 3.02. The summed E-state index contributed by atoms with van der Waals surface area (Å²) in [5.41, 5.74) is 0.497. The third kappa shape index (κ3) is 3.04. The van der Waals surface area contributed by atoms with Gasteiger partial charge in [-0.15, -0.1) is 4.68 Å². The summed E-state index contributed by atoms with van der Waals surface area (Å²) in [5, 5.41) is 19.4. The normalized spacial score (nSPS) is 11.6. The first-order chi connectivity index (χ1) is 9.08. The lowest BCUT2D eigenvalue weighted by atomic mass is 10.1. The molecule has 19 heavy (non-hydrogen) atoms. The highest BCUT2D eigenvalue weighted by Gasteiger charge is 2.15. The topological polar surface area (TPSA) is 74.7 Å². The summed E-state index contributed by atoms with van der Waals surface area (Å²) in [6.45, 7) is 1.81. The van der Waals surface area contributed by atoms with Crippen molar-refractivity contribution in [3.05, 3.63) is 47.8 Å². The van der Waals surface area contributed by atoms with Gasteiger partial charge in [-0.25, -0.2) is 0 Å². The van der Waals surface area contributed by atoms with Crippen LogP contribution in [0.4, 0.5) is 0 Å². The number of hydrogen-bond donors (Lipinski definition) is 0. The molecule has 0 amide bonds. The largest absolute Gasteiger partial charge is 0.872 e. The standard InChI is InChI=1S/C13H14N4O2/c1-10-16(2)14-15-17(10)9-12(18)8-13(19)11-6-4-3-5-7-11/h3-8H,9H2,1-2H3. The zero-order chi connectivity index (χ0) is 13.8. The summed E-state index contributed by atoms with van der Waals surface area (Å²) in [6, 6.07) is 8.68. The van der Waals surface area contributed by atoms with E-state index in [1.54, 1.807) is 42.9 Å². The predicted octanol–water partition coefficient (Wildman–Crippen LogP) is -0.618. The van der Waals surface area contributed by atoms with Crippen molar-refractivity contribution in [1.29, 1.82) is 0 Å². The number of tetrazole rings is 1. The Morgan fingerprint density at radius 3 is 2.68 bits per heavy atom. The Labute approximate surface area is 110 Å². The van der Waals surface area contributed by atoms with E-state index in [0.717, 1.165) is 11.9 Å². The second-order valence-corrected chi connectivity index (χ2v) is 4.15. The summed E-state index contributed by atoms with van der Waals surface area (Å²) in [5.74, 6) is 0.143. The fourth-order valence-electron chi connectivity index (χ4n) is 1.58. The molecule has 6 heteroatoms. The van der Waals surface area contributed by atoms with Crippen LogP contribution in [0.3, 0.4) is 0 Å². The third-order valence-electron chi connectivity index (χ3n) is 2.78. The second kappa shape index (κ2) is 5.43. The molecular weight excluding hydrogens is 244 g/mol. The number of aromatic nitrogens is 4. The average Bonchev–Trinajstić information content (AvgIpc) is 2.71. The Morgan fingerprint density at radius 2 is 2.11 bits per heavy atom. The summed E-state index contributed by atoms with van der Waals surface area (Å²) in [6.07, 6.45) is 1.09. The number of hydrogen-bond acceptors (Lipinski definition) is 4. The summed E-state index contributed by atoms with van der Waals surface area (Å²) in [4.78, 5) is 11.8. The van der Waals surface area contributed by atoms with E-state index in [-0.39, 0.29) is 18.1 Å². The molecule has 1 aromatic carbocycles. The number of ketones is 1. The molecule has 0 fully saturated rings. The van der Waals surface area contributed by atoms with Crippen molar-refractivity contribution in [2.75, 3.05) is 0 Å². The van der Waals surface area contributed by atoms with E-state index in [0.29, 0.717) is 5.56 Å². The molecule has 0 spiro atoms. The van der Waals surface area contributed by atoms with E-state index in [4.69, 9.17) is 0 Å². The third-order valence-corrected chi connectivity index (χ3v) is 2.78. The number of carbonyl (C=O) groups excluding carboxylic acids is 1. The lowest BCUT2D eigenvalue weighted by Crippen LogP contribution is -2.34. The van der Waals surface area contributed by atoms with Gasteiger partial charge in [0, 0.05) is 6.92 Å². The molecule has 98 valence electrons. The number of rotatable bonds is 4. The van der Waals surface area contributed by atoms with Crippen LogP contribution in [0.15, 0.2) is 36.4 Å². The zero-order valence-electron chi connectivity index (χ0n) is 10.8. The molecule has 0 aliphatic rings. The molecule has 0 N–H and O–H groups in total. The van der Waals surface area contributed by atoms with Crippen molar-refractivity contribution in [3.63, 3.8) is 0 Å². The van der Waals surface area contributed by atoms with Gasteiger partial charge < -0.3 is 5.11 Å². The van der Waals surface area contributed by atoms with E-state index >= 15 is 0 Å². The molecular formula is C13H14N4O2. The lowest BCUT2D eigenvalue weighted by molar-refractivity contribution is -0.737. The number of allylic oxidation sites excluding steroid dienone is 1. The Kier molecular flexibility index (Phi) is 3.70. The zero-order valence-corrected chi connectivity index (χ0v) is 10.8. The van der Waals surface area contributed by atoms with E-state index in [1.807, 2.05) is 6.07 Å². The van der Waals surface area contributed by atoms with Crippen LogP contribution in [0, 0.1) is 6.92 Å². The highest BCUT2D eigenvalue weighted by atomic mass is 16.3. The summed E-state index contributed by atoms with van der Waals surface area (Å²) in [7, 11) is 1.74. The van der Waals surface area contributed by atoms with Crippen LogP contribution in [0.2, 0.25) is 0 Å². The molecule has 1 heterocycles. The maximum Gasteiger partial charge on any atom is 0.254 e. The molecule has 0 saturated heterocycles. The first-order valence-electron chi connectivity index (χ1n) is 5.81. The van der Waals surface area contributed by atoms with Crippen LogP contribution in [0.5, 0.6) is 0 Å². The monoisotopic (exact) mass is 258 g/mol. The van der Waals surface area contributed by atoms with Gasteiger partial charge in [-0.1, -0.05) is 40.8 Å². The van der Waals surface area contributed by atoms with Crippen LogP contribution >= 0.6 is 0 Å². The number of benzene rings is 1. The average molecular weight is 258 g/mol. The highest BCUT2D eigenvalue weighted by Crippen LogP contribution is 2.07. The second-order valence-electron chi connectivity index (χ2n) is 4.15. The van der Waals surface area contributed by atoms with Gasteiger partial charge in [0.2, 0.25) is 0 Å². The van der Waals surface area contributed by atoms with Crippen LogP contribution in [-0.4, -0.2) is 20.9 Å². The molecule has 0 radical (unpaired) electrons. The van der Waals surface area contributed by atoms with Crippen molar-refractivity contribution in [1.82, 2.24) is 15.1 Å². The molecule has 0 saturated carbocycles. The Morgan fingerprint density at radius 1 is 1.42 bits per heavy atom. The van der Waals surface area contributed by atoms with Gasteiger partial charge >= 0.3 is 0 Å². The van der Waals surface area contributed by atoms with Gasteiger partial charge in [0.1, 0.15) is 5.21 Å². The van der Waals surface area contributed by atoms with Crippen LogP contribution in [0.25, 0.3) is 5.76 Å². The highest BCUT2D eigenvalue weighted by molar-refractivity contribution is 5.94. The minimum absolute atomic E-state index is 0.0121. The first-order valence-corrected chi connectivity index (χ1v) is 5.81. The minimum Gasteiger partial charge on any atom is -0.872 e. The SMILES string of the molecule is Cc1n(CC(=O)/C=C(\[O-])c2ccccc2)nn[n+]1C. The fourth-order valence-corrected chi connectivity index (χ4v) is 1.58. The minimum atomic E-state index is -0.303. The van der Waals surface area contributed by atoms with E-state index in [2.05, 4.69) is 10.4 Å². The van der Waals surface area contributed by atoms with Crippen molar-refractivity contribution >= 4 is 11.5 Å². The predicted molar refractivity (Wildman–Crippen MR) is 65.4 cm³/mol. The van der Waals surface area contributed by atoms with E-state index in [9.17, 15) is 9.90 Å². The molecule has 2 aromatic rings.